The smallest absolute Gasteiger partial charge is 0.205 e. The van der Waals surface area contributed by atoms with E-state index in [-0.39, 0.29) is 5.04 Å². The van der Waals surface area contributed by atoms with Crippen LogP contribution in [0.4, 0.5) is 0 Å². The average molecular weight is 289 g/mol. The second-order valence-electron chi connectivity index (χ2n) is 6.25. The van der Waals surface area contributed by atoms with Crippen LogP contribution in [-0.2, 0) is 4.43 Å². The monoisotopic (exact) mass is 288 g/mol. The Kier molecular flexibility index (Phi) is 5.03. The van der Waals surface area contributed by atoms with Crippen molar-refractivity contribution in [1.82, 2.24) is 5.32 Å². The molecular weight excluding hydrogens is 264 g/mol. The van der Waals surface area contributed by atoms with Gasteiger partial charge < -0.3 is 9.74 Å². The summed E-state index contributed by atoms with van der Waals surface area (Å²) in [7, 11) is -1.63. The fourth-order valence-electron chi connectivity index (χ4n) is 1.40. The van der Waals surface area contributed by atoms with E-state index in [1.165, 1.54) is 0 Å². The number of aliphatic imine (C=N–C) groups is 1. The van der Waals surface area contributed by atoms with E-state index in [1.807, 2.05) is 12.3 Å². The summed E-state index contributed by atoms with van der Waals surface area (Å²) in [4.78, 5) is 4.24. The van der Waals surface area contributed by atoms with Crippen LogP contribution in [0.5, 0.6) is 0 Å². The molecule has 0 saturated heterocycles. The zero-order valence-electron chi connectivity index (χ0n) is 12.1. The number of halogens is 1. The van der Waals surface area contributed by atoms with Crippen LogP contribution in [0, 0.1) is 0 Å². The van der Waals surface area contributed by atoms with Crippen molar-refractivity contribution in [2.75, 3.05) is 6.61 Å². The first kappa shape index (κ1) is 15.7. The van der Waals surface area contributed by atoms with Crippen LogP contribution < -0.4 is 5.32 Å². The van der Waals surface area contributed by atoms with Crippen molar-refractivity contribution in [1.29, 1.82) is 0 Å². The molecule has 1 atom stereocenters. The maximum Gasteiger partial charge on any atom is 0.205 e. The number of alkyl halides is 1. The standard InChI is InChI=1S/C13H25ClN2OSi/c1-12(2,3)18(4,5)17-11-6-8-13(14)15-9-7-10-16-13/h7,9-10,15H,6,8,11H2,1-5H3. The molecule has 1 heterocycles. The Morgan fingerprint density at radius 3 is 2.56 bits per heavy atom. The average Bonchev–Trinajstić information content (AvgIpc) is 2.24. The highest BCUT2D eigenvalue weighted by Gasteiger charge is 2.37. The topological polar surface area (TPSA) is 33.6 Å². The van der Waals surface area contributed by atoms with Crippen molar-refractivity contribution in [3.05, 3.63) is 12.3 Å². The summed E-state index contributed by atoms with van der Waals surface area (Å²) in [5.41, 5.74) is 0. The van der Waals surface area contributed by atoms with Gasteiger partial charge in [0.25, 0.3) is 0 Å². The van der Waals surface area contributed by atoms with Crippen molar-refractivity contribution < 1.29 is 4.43 Å². The van der Waals surface area contributed by atoms with Crippen LogP contribution in [0.1, 0.15) is 33.6 Å². The molecule has 0 fully saturated rings. The predicted octanol–water partition coefficient (Wildman–Crippen LogP) is 3.87. The number of nitrogens with one attached hydrogen (secondary N) is 1. The first-order chi connectivity index (χ1) is 8.16. The number of hydrogen-bond donors (Lipinski definition) is 1. The second kappa shape index (κ2) is 5.76. The van der Waals surface area contributed by atoms with Crippen molar-refractivity contribution in [2.24, 2.45) is 4.99 Å². The first-order valence-electron chi connectivity index (χ1n) is 6.47. The quantitative estimate of drug-likeness (QED) is 0.361. The molecule has 0 aromatic heterocycles. The molecule has 0 aliphatic carbocycles. The molecule has 0 spiro atoms. The molecule has 0 saturated carbocycles. The highest BCUT2D eigenvalue weighted by molar-refractivity contribution is 6.74. The highest BCUT2D eigenvalue weighted by Crippen LogP contribution is 2.36. The summed E-state index contributed by atoms with van der Waals surface area (Å²) in [5, 5.41) is 2.65. The van der Waals surface area contributed by atoms with E-state index in [0.717, 1.165) is 19.4 Å². The van der Waals surface area contributed by atoms with Gasteiger partial charge in [-0.3, -0.25) is 4.99 Å². The van der Waals surface area contributed by atoms with Gasteiger partial charge in [0.2, 0.25) is 5.12 Å². The van der Waals surface area contributed by atoms with E-state index < -0.39 is 13.4 Å². The molecule has 0 amide bonds. The zero-order valence-corrected chi connectivity index (χ0v) is 13.8. The van der Waals surface area contributed by atoms with Crippen molar-refractivity contribution >= 4 is 26.1 Å². The van der Waals surface area contributed by atoms with Crippen molar-refractivity contribution in [3.63, 3.8) is 0 Å². The van der Waals surface area contributed by atoms with Gasteiger partial charge >= 0.3 is 0 Å². The molecule has 3 nitrogen and oxygen atoms in total. The van der Waals surface area contributed by atoms with E-state index in [1.54, 1.807) is 6.21 Å². The maximum absolute atomic E-state index is 6.31. The highest BCUT2D eigenvalue weighted by atomic mass is 35.5. The Morgan fingerprint density at radius 1 is 1.39 bits per heavy atom. The summed E-state index contributed by atoms with van der Waals surface area (Å²) in [5.74, 6) is 0. The van der Waals surface area contributed by atoms with E-state index in [0.29, 0.717) is 0 Å². The molecule has 1 unspecified atom stereocenters. The van der Waals surface area contributed by atoms with Gasteiger partial charge in [0.15, 0.2) is 8.32 Å². The van der Waals surface area contributed by atoms with Crippen LogP contribution in [0.2, 0.25) is 18.1 Å². The zero-order chi connectivity index (χ0) is 13.9. The summed E-state index contributed by atoms with van der Waals surface area (Å²) >= 11 is 6.31. The van der Waals surface area contributed by atoms with Crippen LogP contribution in [0.3, 0.4) is 0 Å². The minimum absolute atomic E-state index is 0.260. The lowest BCUT2D eigenvalue weighted by Crippen LogP contribution is -2.41. The molecule has 0 radical (unpaired) electrons. The van der Waals surface area contributed by atoms with E-state index in [2.05, 4.69) is 44.2 Å². The van der Waals surface area contributed by atoms with Gasteiger partial charge in [-0.25, -0.2) is 0 Å². The van der Waals surface area contributed by atoms with E-state index in [9.17, 15) is 0 Å². The largest absolute Gasteiger partial charge is 0.417 e. The molecule has 0 aromatic rings. The molecule has 0 bridgehead atoms. The molecular formula is C13H25ClN2OSi. The summed E-state index contributed by atoms with van der Waals surface area (Å²) in [6, 6.07) is 0. The Bertz CT molecular complexity index is 336. The Balaban J connectivity index is 2.31. The predicted molar refractivity (Wildman–Crippen MR) is 81.7 cm³/mol. The van der Waals surface area contributed by atoms with Gasteiger partial charge in [0.1, 0.15) is 0 Å². The minimum atomic E-state index is -1.63. The molecule has 5 heteroatoms. The van der Waals surface area contributed by atoms with Crippen LogP contribution >= 0.6 is 11.6 Å². The second-order valence-corrected chi connectivity index (χ2v) is 11.7. The third-order valence-electron chi connectivity index (χ3n) is 3.69. The van der Waals surface area contributed by atoms with Crippen LogP contribution in [-0.4, -0.2) is 26.3 Å². The summed E-state index contributed by atoms with van der Waals surface area (Å²) in [6.45, 7) is 12.0. The molecule has 1 N–H and O–H groups in total. The lowest BCUT2D eigenvalue weighted by atomic mass is 10.2. The SMILES string of the molecule is CC(C)(C)[Si](C)(C)OCCCC1(Cl)N=CC=CN1. The lowest BCUT2D eigenvalue weighted by Gasteiger charge is -2.36. The van der Waals surface area contributed by atoms with Crippen molar-refractivity contribution in [2.45, 2.75) is 56.9 Å². The van der Waals surface area contributed by atoms with Crippen molar-refractivity contribution in [3.8, 4) is 0 Å². The van der Waals surface area contributed by atoms with E-state index in [4.69, 9.17) is 16.0 Å². The molecule has 104 valence electrons. The Labute approximate surface area is 117 Å². The lowest BCUT2D eigenvalue weighted by molar-refractivity contribution is 0.269. The summed E-state index contributed by atoms with van der Waals surface area (Å²) < 4.78 is 6.11. The molecule has 1 rings (SSSR count). The van der Waals surface area contributed by atoms with Gasteiger partial charge in [0.05, 0.1) is 0 Å². The molecule has 1 aliphatic heterocycles. The van der Waals surface area contributed by atoms with Gasteiger partial charge in [0, 0.05) is 25.4 Å². The number of hydrogen-bond acceptors (Lipinski definition) is 3. The minimum Gasteiger partial charge on any atom is -0.417 e. The molecule has 18 heavy (non-hydrogen) atoms. The van der Waals surface area contributed by atoms with E-state index >= 15 is 0 Å². The normalized spacial score (nSPS) is 24.1. The molecule has 0 aromatic carbocycles. The number of rotatable bonds is 5. The fourth-order valence-corrected chi connectivity index (χ4v) is 2.74. The fraction of sp³-hybridized carbons (Fsp3) is 0.769. The molecule has 1 aliphatic rings. The Hall–Kier alpha value is -0.323. The van der Waals surface area contributed by atoms with Crippen LogP contribution in [0.25, 0.3) is 0 Å². The maximum atomic E-state index is 6.31. The van der Waals surface area contributed by atoms with Crippen LogP contribution in [0.15, 0.2) is 17.3 Å². The number of nitrogens with zero attached hydrogens (tertiary/aromatic N) is 1. The van der Waals surface area contributed by atoms with Gasteiger partial charge in [-0.2, -0.15) is 0 Å². The third-order valence-corrected chi connectivity index (χ3v) is 8.62. The first-order valence-corrected chi connectivity index (χ1v) is 9.76. The Morgan fingerprint density at radius 2 is 2.06 bits per heavy atom. The number of allylic oxidation sites excluding steroid dienone is 1. The third kappa shape index (κ3) is 4.41. The van der Waals surface area contributed by atoms with Gasteiger partial charge in [-0.15, -0.1) is 0 Å². The summed E-state index contributed by atoms with van der Waals surface area (Å²) in [6.07, 6.45) is 7.08. The van der Waals surface area contributed by atoms with Gasteiger partial charge in [-0.05, 0) is 30.6 Å². The van der Waals surface area contributed by atoms with Gasteiger partial charge in [-0.1, -0.05) is 32.4 Å².